The van der Waals surface area contributed by atoms with E-state index in [1.54, 1.807) is 20.8 Å². The molecule has 1 rings (SSSR count). The molecule has 20 heavy (non-hydrogen) atoms. The second-order valence-corrected chi connectivity index (χ2v) is 7.58. The van der Waals surface area contributed by atoms with E-state index in [0.29, 0.717) is 0 Å². The zero-order valence-corrected chi connectivity index (χ0v) is 13.5. The van der Waals surface area contributed by atoms with Gasteiger partial charge in [0, 0.05) is 6.04 Å². The van der Waals surface area contributed by atoms with Crippen LogP contribution >= 0.6 is 0 Å². The Balaban J connectivity index is 2.78. The average molecular weight is 285 g/mol. The maximum atomic E-state index is 11.9. The van der Waals surface area contributed by atoms with E-state index in [-0.39, 0.29) is 23.3 Å². The molecular formula is C15H27NO4. The van der Waals surface area contributed by atoms with Crippen LogP contribution in [0, 0.1) is 23.2 Å². The molecule has 0 bridgehead atoms. The van der Waals surface area contributed by atoms with Crippen molar-refractivity contribution in [2.24, 2.45) is 23.2 Å². The van der Waals surface area contributed by atoms with Gasteiger partial charge >= 0.3 is 12.1 Å². The minimum absolute atomic E-state index is 0.0625. The molecule has 2 N–H and O–H groups in total. The minimum Gasteiger partial charge on any atom is -0.481 e. The SMILES string of the molecule is CC(C)C(NC(=O)OC(C)(C)C)[C@@H]1[C@@H](C(=O)O)C1(C)C. The summed E-state index contributed by atoms with van der Waals surface area (Å²) >= 11 is 0. The number of aliphatic carboxylic acids is 1. The molecule has 0 aromatic carbocycles. The Kier molecular flexibility index (Phi) is 4.42. The van der Waals surface area contributed by atoms with Gasteiger partial charge in [0.25, 0.3) is 0 Å². The summed E-state index contributed by atoms with van der Waals surface area (Å²) in [6, 6.07) is -0.194. The number of carbonyl (C=O) groups excluding carboxylic acids is 1. The second-order valence-electron chi connectivity index (χ2n) is 7.58. The zero-order valence-electron chi connectivity index (χ0n) is 13.5. The van der Waals surface area contributed by atoms with Gasteiger partial charge in [0.15, 0.2) is 0 Å². The molecule has 5 nitrogen and oxygen atoms in total. The smallest absolute Gasteiger partial charge is 0.407 e. The van der Waals surface area contributed by atoms with Gasteiger partial charge in [-0.1, -0.05) is 27.7 Å². The molecular weight excluding hydrogens is 258 g/mol. The van der Waals surface area contributed by atoms with Crippen LogP contribution in [0.25, 0.3) is 0 Å². The zero-order chi connectivity index (χ0) is 15.9. The van der Waals surface area contributed by atoms with Crippen LogP contribution in [-0.2, 0) is 9.53 Å². The number of rotatable bonds is 4. The van der Waals surface area contributed by atoms with E-state index in [1.807, 2.05) is 27.7 Å². The normalized spacial score (nSPS) is 26.0. The molecule has 0 aromatic heterocycles. The van der Waals surface area contributed by atoms with Crippen LogP contribution in [0.2, 0.25) is 0 Å². The van der Waals surface area contributed by atoms with E-state index in [9.17, 15) is 14.7 Å². The molecule has 0 aromatic rings. The summed E-state index contributed by atoms with van der Waals surface area (Å²) in [4.78, 5) is 23.2. The standard InChI is InChI=1S/C15H27NO4/c1-8(2)11(16-13(19)20-14(3,4)5)9-10(12(17)18)15(9,6)7/h8-11H,1-7H3,(H,16,19)(H,17,18)/t9-,10-,11?/m0/s1. The van der Waals surface area contributed by atoms with Gasteiger partial charge in [0.05, 0.1) is 5.92 Å². The van der Waals surface area contributed by atoms with Crippen molar-refractivity contribution in [1.29, 1.82) is 0 Å². The van der Waals surface area contributed by atoms with Gasteiger partial charge in [-0.25, -0.2) is 4.79 Å². The van der Waals surface area contributed by atoms with Gasteiger partial charge < -0.3 is 15.2 Å². The highest BCUT2D eigenvalue weighted by molar-refractivity contribution is 5.76. The van der Waals surface area contributed by atoms with Gasteiger partial charge in [-0.2, -0.15) is 0 Å². The summed E-state index contributed by atoms with van der Waals surface area (Å²) in [7, 11) is 0. The van der Waals surface area contributed by atoms with E-state index in [1.165, 1.54) is 0 Å². The fourth-order valence-corrected chi connectivity index (χ4v) is 2.93. The van der Waals surface area contributed by atoms with Crippen LogP contribution < -0.4 is 5.32 Å². The summed E-state index contributed by atoms with van der Waals surface area (Å²) < 4.78 is 5.26. The Bertz CT molecular complexity index is 395. The number of hydrogen-bond donors (Lipinski definition) is 2. The number of carboxylic acid groups (broad SMARTS) is 1. The third-order valence-corrected chi connectivity index (χ3v) is 3.97. The lowest BCUT2D eigenvalue weighted by Gasteiger charge is -2.26. The first-order valence-corrected chi connectivity index (χ1v) is 7.10. The van der Waals surface area contributed by atoms with Crippen molar-refractivity contribution in [1.82, 2.24) is 5.32 Å². The van der Waals surface area contributed by atoms with Crippen LogP contribution in [0.1, 0.15) is 48.5 Å². The predicted octanol–water partition coefficient (Wildman–Crippen LogP) is 2.89. The molecule has 1 saturated carbocycles. The quantitative estimate of drug-likeness (QED) is 0.832. The van der Waals surface area contributed by atoms with Crippen molar-refractivity contribution in [2.75, 3.05) is 0 Å². The van der Waals surface area contributed by atoms with E-state index in [0.717, 1.165) is 0 Å². The summed E-state index contributed by atoms with van der Waals surface area (Å²) in [5.74, 6) is -1.12. The molecule has 0 heterocycles. The van der Waals surface area contributed by atoms with Crippen molar-refractivity contribution in [3.8, 4) is 0 Å². The van der Waals surface area contributed by atoms with Gasteiger partial charge in [0.1, 0.15) is 5.60 Å². The second kappa shape index (κ2) is 5.26. The minimum atomic E-state index is -0.795. The Morgan fingerprint density at radius 3 is 2.05 bits per heavy atom. The highest BCUT2D eigenvalue weighted by Crippen LogP contribution is 2.60. The van der Waals surface area contributed by atoms with Crippen molar-refractivity contribution < 1.29 is 19.4 Å². The third kappa shape index (κ3) is 3.64. The maximum absolute atomic E-state index is 11.9. The highest BCUT2D eigenvalue weighted by atomic mass is 16.6. The number of carboxylic acids is 1. The molecule has 1 amide bonds. The third-order valence-electron chi connectivity index (χ3n) is 3.97. The molecule has 5 heteroatoms. The van der Waals surface area contributed by atoms with Gasteiger partial charge in [-0.05, 0) is 38.0 Å². The Labute approximate surface area is 121 Å². The van der Waals surface area contributed by atoms with Crippen LogP contribution in [0.4, 0.5) is 4.79 Å². The lowest BCUT2D eigenvalue weighted by Crippen LogP contribution is -2.44. The van der Waals surface area contributed by atoms with E-state index < -0.39 is 23.6 Å². The van der Waals surface area contributed by atoms with Crippen molar-refractivity contribution in [3.05, 3.63) is 0 Å². The van der Waals surface area contributed by atoms with Crippen LogP contribution in [-0.4, -0.2) is 28.8 Å². The van der Waals surface area contributed by atoms with Crippen molar-refractivity contribution in [2.45, 2.75) is 60.1 Å². The van der Waals surface area contributed by atoms with E-state index in [4.69, 9.17) is 4.74 Å². The molecule has 0 radical (unpaired) electrons. The number of alkyl carbamates (subject to hydrolysis) is 1. The maximum Gasteiger partial charge on any atom is 0.407 e. The predicted molar refractivity (Wildman–Crippen MR) is 76.4 cm³/mol. The molecule has 0 spiro atoms. The number of amides is 1. The van der Waals surface area contributed by atoms with Crippen LogP contribution in [0.5, 0.6) is 0 Å². The van der Waals surface area contributed by atoms with Gasteiger partial charge in [-0.3, -0.25) is 4.79 Å². The Morgan fingerprint density at radius 1 is 1.25 bits per heavy atom. The summed E-state index contributed by atoms with van der Waals surface area (Å²) in [5.41, 5.74) is -0.855. The average Bonchev–Trinajstić information content (AvgIpc) is 2.74. The summed E-state index contributed by atoms with van der Waals surface area (Å²) in [6.45, 7) is 13.2. The fraction of sp³-hybridized carbons (Fsp3) is 0.867. The van der Waals surface area contributed by atoms with Crippen LogP contribution in [0.15, 0.2) is 0 Å². The molecule has 116 valence electrons. The lowest BCUT2D eigenvalue weighted by atomic mass is 9.94. The van der Waals surface area contributed by atoms with Gasteiger partial charge in [-0.15, -0.1) is 0 Å². The van der Waals surface area contributed by atoms with E-state index in [2.05, 4.69) is 5.32 Å². The van der Waals surface area contributed by atoms with Crippen molar-refractivity contribution >= 4 is 12.1 Å². The largest absolute Gasteiger partial charge is 0.481 e. The molecule has 1 aliphatic carbocycles. The molecule has 0 saturated heterocycles. The highest BCUT2D eigenvalue weighted by Gasteiger charge is 2.65. The molecule has 1 unspecified atom stereocenters. The summed E-state index contributed by atoms with van der Waals surface area (Å²) in [5, 5.41) is 12.1. The molecule has 0 aliphatic heterocycles. The van der Waals surface area contributed by atoms with Gasteiger partial charge in [0.2, 0.25) is 0 Å². The Hall–Kier alpha value is -1.26. The topological polar surface area (TPSA) is 75.6 Å². The number of ether oxygens (including phenoxy) is 1. The van der Waals surface area contributed by atoms with Crippen LogP contribution in [0.3, 0.4) is 0 Å². The number of hydrogen-bond acceptors (Lipinski definition) is 3. The first-order valence-electron chi connectivity index (χ1n) is 7.10. The molecule has 3 atom stereocenters. The van der Waals surface area contributed by atoms with Crippen molar-refractivity contribution in [3.63, 3.8) is 0 Å². The Morgan fingerprint density at radius 2 is 1.75 bits per heavy atom. The fourth-order valence-electron chi connectivity index (χ4n) is 2.93. The summed E-state index contributed by atoms with van der Waals surface area (Å²) in [6.07, 6.45) is -0.483. The van der Waals surface area contributed by atoms with E-state index >= 15 is 0 Å². The first kappa shape index (κ1) is 16.8. The number of carbonyl (C=O) groups is 2. The lowest BCUT2D eigenvalue weighted by molar-refractivity contribution is -0.139. The molecule has 1 fully saturated rings. The number of nitrogens with one attached hydrogen (secondary N) is 1. The first-order chi connectivity index (χ1) is 8.88. The molecule has 1 aliphatic rings. The monoisotopic (exact) mass is 285 g/mol.